The van der Waals surface area contributed by atoms with Crippen molar-refractivity contribution in [3.63, 3.8) is 0 Å². The Morgan fingerprint density at radius 3 is 2.50 bits per heavy atom. The summed E-state index contributed by atoms with van der Waals surface area (Å²) in [6, 6.07) is 22.8. The predicted octanol–water partition coefficient (Wildman–Crippen LogP) is 4.93. The summed E-state index contributed by atoms with van der Waals surface area (Å²) in [5, 5.41) is 0. The first kappa shape index (κ1) is 17.9. The quantitative estimate of drug-likeness (QED) is 0.454. The first-order chi connectivity index (χ1) is 13.8. The lowest BCUT2D eigenvalue weighted by Gasteiger charge is -2.18. The summed E-state index contributed by atoms with van der Waals surface area (Å²) in [5.41, 5.74) is 2.46. The van der Waals surface area contributed by atoms with Gasteiger partial charge in [-0.15, -0.1) is 0 Å². The summed E-state index contributed by atoms with van der Waals surface area (Å²) < 4.78 is 17.0. The summed E-state index contributed by atoms with van der Waals surface area (Å²) in [4.78, 5) is 12.7. The Labute approximate surface area is 164 Å². The Morgan fingerprint density at radius 2 is 1.64 bits per heavy atom. The number of ether oxygens (including phenoxy) is 3. The molecule has 28 heavy (non-hydrogen) atoms. The van der Waals surface area contributed by atoms with Crippen LogP contribution < -0.4 is 14.2 Å². The lowest BCUT2D eigenvalue weighted by Crippen LogP contribution is -2.15. The van der Waals surface area contributed by atoms with Crippen molar-refractivity contribution in [2.45, 2.75) is 6.61 Å². The summed E-state index contributed by atoms with van der Waals surface area (Å²) in [6.45, 7) is 1.50. The third kappa shape index (κ3) is 4.23. The fraction of sp³-hybridized carbons (Fsp3) is 0.125. The van der Waals surface area contributed by atoms with Crippen molar-refractivity contribution in [3.05, 3.63) is 95.6 Å². The molecule has 3 aromatic rings. The minimum absolute atomic E-state index is 0.112. The van der Waals surface area contributed by atoms with Crippen molar-refractivity contribution < 1.29 is 19.0 Å². The normalized spacial score (nSPS) is 12.7. The molecular formula is C24H20O4. The highest BCUT2D eigenvalue weighted by molar-refractivity contribution is 6.08. The second-order valence-corrected chi connectivity index (χ2v) is 6.37. The minimum atomic E-state index is -0.112. The molecule has 1 aliphatic rings. The number of fused-ring (bicyclic) bond motifs is 1. The van der Waals surface area contributed by atoms with Crippen LogP contribution in [0.4, 0.5) is 0 Å². The number of rotatable bonds is 6. The van der Waals surface area contributed by atoms with Crippen molar-refractivity contribution in [2.75, 3.05) is 13.2 Å². The van der Waals surface area contributed by atoms with Crippen LogP contribution in [0.2, 0.25) is 0 Å². The molecule has 1 aliphatic heterocycles. The van der Waals surface area contributed by atoms with Gasteiger partial charge < -0.3 is 14.2 Å². The molecule has 140 valence electrons. The monoisotopic (exact) mass is 372 g/mol. The number of hydrogen-bond donors (Lipinski definition) is 0. The van der Waals surface area contributed by atoms with E-state index in [9.17, 15) is 4.79 Å². The zero-order valence-electron chi connectivity index (χ0n) is 15.3. The fourth-order valence-electron chi connectivity index (χ4n) is 2.96. The Bertz CT molecular complexity index is 992. The Kier molecular flexibility index (Phi) is 5.38. The molecule has 0 saturated carbocycles. The van der Waals surface area contributed by atoms with E-state index in [2.05, 4.69) is 0 Å². The molecule has 1 heterocycles. The molecule has 0 saturated heterocycles. The summed E-state index contributed by atoms with van der Waals surface area (Å²) in [7, 11) is 0. The molecule has 0 aromatic heterocycles. The van der Waals surface area contributed by atoms with E-state index in [1.54, 1.807) is 18.2 Å². The number of hydrogen-bond acceptors (Lipinski definition) is 4. The highest BCUT2D eigenvalue weighted by atomic mass is 16.6. The van der Waals surface area contributed by atoms with Crippen molar-refractivity contribution in [1.29, 1.82) is 0 Å². The second kappa shape index (κ2) is 8.44. The topological polar surface area (TPSA) is 44.8 Å². The smallest absolute Gasteiger partial charge is 0.189 e. The van der Waals surface area contributed by atoms with Crippen molar-refractivity contribution in [3.8, 4) is 17.2 Å². The third-order valence-corrected chi connectivity index (χ3v) is 4.38. The average Bonchev–Trinajstić information content (AvgIpc) is 2.77. The van der Waals surface area contributed by atoms with E-state index in [4.69, 9.17) is 14.2 Å². The van der Waals surface area contributed by atoms with Gasteiger partial charge in [-0.2, -0.15) is 0 Å². The number of benzene rings is 3. The van der Waals surface area contributed by atoms with E-state index >= 15 is 0 Å². The standard InChI is InChI=1S/C24H20O4/c25-21(12-10-18-11-13-23-24(16-18)27-15-14-26-23)20-8-4-5-9-22(20)28-17-19-6-2-1-3-7-19/h1-13,16H,14-15,17H2/b12-10-. The van der Waals surface area contributed by atoms with Gasteiger partial charge in [0.1, 0.15) is 25.6 Å². The van der Waals surface area contributed by atoms with Crippen LogP contribution in [0.3, 0.4) is 0 Å². The van der Waals surface area contributed by atoms with Gasteiger partial charge in [-0.05, 0) is 41.5 Å². The van der Waals surface area contributed by atoms with E-state index < -0.39 is 0 Å². The van der Waals surface area contributed by atoms with Gasteiger partial charge >= 0.3 is 0 Å². The largest absolute Gasteiger partial charge is 0.488 e. The van der Waals surface area contributed by atoms with E-state index in [1.807, 2.05) is 66.7 Å². The summed E-state index contributed by atoms with van der Waals surface area (Å²) in [6.07, 6.45) is 3.32. The molecule has 0 aliphatic carbocycles. The van der Waals surface area contributed by atoms with Crippen LogP contribution in [0.15, 0.2) is 78.9 Å². The van der Waals surface area contributed by atoms with Gasteiger partial charge in [0.25, 0.3) is 0 Å². The zero-order valence-corrected chi connectivity index (χ0v) is 15.3. The maximum Gasteiger partial charge on any atom is 0.189 e. The van der Waals surface area contributed by atoms with Gasteiger partial charge in [-0.25, -0.2) is 0 Å². The van der Waals surface area contributed by atoms with Crippen molar-refractivity contribution >= 4 is 11.9 Å². The third-order valence-electron chi connectivity index (χ3n) is 4.38. The van der Waals surface area contributed by atoms with Crippen molar-refractivity contribution in [1.82, 2.24) is 0 Å². The van der Waals surface area contributed by atoms with Crippen LogP contribution in [0, 0.1) is 0 Å². The van der Waals surface area contributed by atoms with Crippen LogP contribution in [0.25, 0.3) is 6.08 Å². The lowest BCUT2D eigenvalue weighted by atomic mass is 10.1. The number of para-hydroxylation sites is 1. The molecule has 0 unspecified atom stereocenters. The number of ketones is 1. The first-order valence-electron chi connectivity index (χ1n) is 9.17. The highest BCUT2D eigenvalue weighted by Crippen LogP contribution is 2.31. The Hall–Kier alpha value is -3.53. The SMILES string of the molecule is O=C(/C=C\c1ccc2c(c1)OCCO2)c1ccccc1OCc1ccccc1. The van der Waals surface area contributed by atoms with Crippen LogP contribution in [0.1, 0.15) is 21.5 Å². The molecule has 4 rings (SSSR count). The van der Waals surface area contributed by atoms with E-state index in [1.165, 1.54) is 0 Å². The van der Waals surface area contributed by atoms with Gasteiger partial charge in [0, 0.05) is 0 Å². The van der Waals surface area contributed by atoms with Gasteiger partial charge in [0.15, 0.2) is 17.3 Å². The number of allylic oxidation sites excluding steroid dienone is 1. The van der Waals surface area contributed by atoms with E-state index in [-0.39, 0.29) is 5.78 Å². The van der Waals surface area contributed by atoms with Gasteiger partial charge in [0.05, 0.1) is 5.56 Å². The molecule has 3 aromatic carbocycles. The predicted molar refractivity (Wildman–Crippen MR) is 108 cm³/mol. The van der Waals surface area contributed by atoms with Gasteiger partial charge in [-0.3, -0.25) is 4.79 Å². The second-order valence-electron chi connectivity index (χ2n) is 6.37. The molecule has 4 heteroatoms. The Balaban J connectivity index is 1.48. The zero-order chi connectivity index (χ0) is 19.2. The fourth-order valence-corrected chi connectivity index (χ4v) is 2.96. The highest BCUT2D eigenvalue weighted by Gasteiger charge is 2.12. The summed E-state index contributed by atoms with van der Waals surface area (Å²) >= 11 is 0. The first-order valence-corrected chi connectivity index (χ1v) is 9.17. The van der Waals surface area contributed by atoms with Crippen LogP contribution in [-0.4, -0.2) is 19.0 Å². The maximum atomic E-state index is 12.7. The average molecular weight is 372 g/mol. The molecule has 0 N–H and O–H groups in total. The van der Waals surface area contributed by atoms with Crippen LogP contribution >= 0.6 is 0 Å². The van der Waals surface area contributed by atoms with E-state index in [0.29, 0.717) is 36.9 Å². The van der Waals surface area contributed by atoms with Gasteiger partial charge in [-0.1, -0.05) is 54.6 Å². The molecule has 0 spiro atoms. The minimum Gasteiger partial charge on any atom is -0.488 e. The number of carbonyl (C=O) groups excluding carboxylic acids is 1. The molecule has 0 bridgehead atoms. The van der Waals surface area contributed by atoms with Gasteiger partial charge in [0.2, 0.25) is 0 Å². The maximum absolute atomic E-state index is 12.7. The molecule has 4 nitrogen and oxygen atoms in total. The Morgan fingerprint density at radius 1 is 0.893 bits per heavy atom. The number of carbonyl (C=O) groups is 1. The molecule has 0 atom stereocenters. The summed E-state index contributed by atoms with van der Waals surface area (Å²) in [5.74, 6) is 1.89. The molecule has 0 radical (unpaired) electrons. The lowest BCUT2D eigenvalue weighted by molar-refractivity contribution is 0.104. The van der Waals surface area contributed by atoms with Crippen molar-refractivity contribution in [2.24, 2.45) is 0 Å². The van der Waals surface area contributed by atoms with E-state index in [0.717, 1.165) is 16.9 Å². The van der Waals surface area contributed by atoms with Crippen LogP contribution in [0.5, 0.6) is 17.2 Å². The molecule has 0 fully saturated rings. The van der Waals surface area contributed by atoms with Crippen LogP contribution in [-0.2, 0) is 6.61 Å². The molecule has 0 amide bonds. The molecular weight excluding hydrogens is 352 g/mol.